The van der Waals surface area contributed by atoms with Gasteiger partial charge in [0.25, 0.3) is 0 Å². The van der Waals surface area contributed by atoms with E-state index in [4.69, 9.17) is 24.5 Å². The molecule has 162 valence electrons. The number of ether oxygens (including phenoxy) is 1. The molecular formula is C22H24N4O5. The van der Waals surface area contributed by atoms with Crippen molar-refractivity contribution in [2.24, 2.45) is 0 Å². The number of piperazine rings is 1. The van der Waals surface area contributed by atoms with E-state index in [9.17, 15) is 0 Å². The smallest absolute Gasteiger partial charge is 0.414 e. The van der Waals surface area contributed by atoms with Crippen LogP contribution in [0.5, 0.6) is 5.75 Å². The zero-order chi connectivity index (χ0) is 22.2. The highest BCUT2D eigenvalue weighted by molar-refractivity contribution is 6.27. The molecule has 4 rings (SSSR count). The van der Waals surface area contributed by atoms with Gasteiger partial charge in [-0.05, 0) is 22.9 Å². The number of hydrogen-bond acceptors (Lipinski definition) is 7. The lowest BCUT2D eigenvalue weighted by molar-refractivity contribution is -0.159. The standard InChI is InChI=1S/C20H22N4O.C2H2O4/c1-25-19-8-7-16-5-2-3-6-17(16)18(19)15-23-11-13-24(14-12-23)20-21-9-4-10-22-20;3-1(4)2(5)6/h2-10H,11-15H2,1H3;(H,3,4)(H,5,6). The first-order valence-electron chi connectivity index (χ1n) is 9.74. The molecule has 2 heterocycles. The molecule has 2 aromatic carbocycles. The van der Waals surface area contributed by atoms with Gasteiger partial charge in [-0.25, -0.2) is 19.6 Å². The SMILES string of the molecule is COc1ccc2ccccc2c1CN1CCN(c2ncccn2)CC1.O=C(O)C(=O)O. The number of aromatic nitrogens is 2. The van der Waals surface area contributed by atoms with Crippen LogP contribution in [0.2, 0.25) is 0 Å². The summed E-state index contributed by atoms with van der Waals surface area (Å²) in [6, 6.07) is 14.6. The molecule has 0 unspecified atom stereocenters. The van der Waals surface area contributed by atoms with Crippen molar-refractivity contribution in [2.75, 3.05) is 38.2 Å². The van der Waals surface area contributed by atoms with Crippen LogP contribution >= 0.6 is 0 Å². The van der Waals surface area contributed by atoms with Crippen LogP contribution in [-0.4, -0.2) is 70.3 Å². The van der Waals surface area contributed by atoms with Crippen LogP contribution in [0.3, 0.4) is 0 Å². The van der Waals surface area contributed by atoms with Crippen molar-refractivity contribution in [3.05, 3.63) is 60.4 Å². The van der Waals surface area contributed by atoms with Gasteiger partial charge in [0.05, 0.1) is 7.11 Å². The van der Waals surface area contributed by atoms with E-state index in [0.717, 1.165) is 44.4 Å². The molecule has 3 aromatic rings. The predicted octanol–water partition coefficient (Wildman–Crippen LogP) is 2.12. The Morgan fingerprint density at radius 2 is 1.58 bits per heavy atom. The molecule has 9 heteroatoms. The Balaban J connectivity index is 0.000000401. The molecule has 1 aromatic heterocycles. The molecular weight excluding hydrogens is 400 g/mol. The number of methoxy groups -OCH3 is 1. The number of nitrogens with zero attached hydrogens (tertiary/aromatic N) is 4. The second kappa shape index (κ2) is 10.4. The van der Waals surface area contributed by atoms with Crippen LogP contribution in [0.15, 0.2) is 54.9 Å². The molecule has 0 atom stereocenters. The lowest BCUT2D eigenvalue weighted by Gasteiger charge is -2.35. The summed E-state index contributed by atoms with van der Waals surface area (Å²) in [5.41, 5.74) is 1.27. The highest BCUT2D eigenvalue weighted by Gasteiger charge is 2.20. The number of fused-ring (bicyclic) bond motifs is 1. The molecule has 2 N–H and O–H groups in total. The molecule has 0 spiro atoms. The Morgan fingerprint density at radius 1 is 0.935 bits per heavy atom. The molecule has 0 aliphatic carbocycles. The van der Waals surface area contributed by atoms with Gasteiger partial charge in [0, 0.05) is 50.7 Å². The predicted molar refractivity (Wildman–Crippen MR) is 115 cm³/mol. The van der Waals surface area contributed by atoms with Crippen molar-refractivity contribution in [1.29, 1.82) is 0 Å². The molecule has 0 bridgehead atoms. The van der Waals surface area contributed by atoms with Crippen molar-refractivity contribution in [2.45, 2.75) is 6.54 Å². The number of rotatable bonds is 4. The van der Waals surface area contributed by atoms with E-state index in [2.05, 4.69) is 56.2 Å². The van der Waals surface area contributed by atoms with Crippen molar-refractivity contribution in [3.63, 3.8) is 0 Å². The summed E-state index contributed by atoms with van der Waals surface area (Å²) in [5, 5.41) is 17.3. The minimum absolute atomic E-state index is 0.824. The van der Waals surface area contributed by atoms with Crippen LogP contribution in [0, 0.1) is 0 Å². The summed E-state index contributed by atoms with van der Waals surface area (Å²) in [4.78, 5) is 31.6. The summed E-state index contributed by atoms with van der Waals surface area (Å²) in [7, 11) is 1.75. The third-order valence-electron chi connectivity index (χ3n) is 4.99. The number of carboxylic acid groups (broad SMARTS) is 2. The zero-order valence-corrected chi connectivity index (χ0v) is 17.1. The molecule has 1 saturated heterocycles. The topological polar surface area (TPSA) is 116 Å². The fourth-order valence-corrected chi connectivity index (χ4v) is 3.45. The van der Waals surface area contributed by atoms with Crippen LogP contribution in [0.4, 0.5) is 5.95 Å². The molecule has 1 aliphatic heterocycles. The van der Waals surface area contributed by atoms with Crippen LogP contribution in [-0.2, 0) is 16.1 Å². The Labute approximate surface area is 179 Å². The van der Waals surface area contributed by atoms with Crippen molar-refractivity contribution in [3.8, 4) is 5.75 Å². The molecule has 9 nitrogen and oxygen atoms in total. The van der Waals surface area contributed by atoms with Gasteiger partial charge in [-0.15, -0.1) is 0 Å². The van der Waals surface area contributed by atoms with E-state index in [1.807, 2.05) is 6.07 Å². The van der Waals surface area contributed by atoms with E-state index in [-0.39, 0.29) is 0 Å². The summed E-state index contributed by atoms with van der Waals surface area (Å²) >= 11 is 0. The first-order valence-corrected chi connectivity index (χ1v) is 9.74. The molecule has 31 heavy (non-hydrogen) atoms. The fourth-order valence-electron chi connectivity index (χ4n) is 3.45. The number of carbonyl (C=O) groups is 2. The average Bonchev–Trinajstić information content (AvgIpc) is 2.81. The van der Waals surface area contributed by atoms with Crippen LogP contribution in [0.25, 0.3) is 10.8 Å². The first kappa shape index (κ1) is 22.0. The first-order chi connectivity index (χ1) is 15.0. The monoisotopic (exact) mass is 424 g/mol. The van der Waals surface area contributed by atoms with Crippen molar-refractivity contribution < 1.29 is 24.5 Å². The summed E-state index contributed by atoms with van der Waals surface area (Å²) in [6.07, 6.45) is 3.60. The second-order valence-electron chi connectivity index (χ2n) is 6.89. The molecule has 1 aliphatic rings. The maximum atomic E-state index is 9.10. The quantitative estimate of drug-likeness (QED) is 0.608. The molecule has 1 fully saturated rings. The van der Waals surface area contributed by atoms with Gasteiger partial charge < -0.3 is 19.8 Å². The second-order valence-corrected chi connectivity index (χ2v) is 6.89. The highest BCUT2D eigenvalue weighted by atomic mass is 16.5. The average molecular weight is 424 g/mol. The maximum Gasteiger partial charge on any atom is 0.414 e. The number of anilines is 1. The van der Waals surface area contributed by atoms with Crippen molar-refractivity contribution >= 4 is 28.7 Å². The van der Waals surface area contributed by atoms with Gasteiger partial charge in [-0.2, -0.15) is 0 Å². The minimum Gasteiger partial charge on any atom is -0.496 e. The number of carboxylic acids is 2. The Hall–Kier alpha value is -3.72. The Bertz CT molecular complexity index is 1020. The summed E-state index contributed by atoms with van der Waals surface area (Å²) in [5.74, 6) is -1.86. The lowest BCUT2D eigenvalue weighted by Crippen LogP contribution is -2.46. The van der Waals surface area contributed by atoms with Gasteiger partial charge in [-0.1, -0.05) is 30.3 Å². The Kier molecular flexibility index (Phi) is 7.34. The largest absolute Gasteiger partial charge is 0.496 e. The summed E-state index contributed by atoms with van der Waals surface area (Å²) in [6.45, 7) is 4.76. The highest BCUT2D eigenvalue weighted by Crippen LogP contribution is 2.29. The molecule has 0 amide bonds. The van der Waals surface area contributed by atoms with Gasteiger partial charge >= 0.3 is 11.9 Å². The van der Waals surface area contributed by atoms with Crippen LogP contribution < -0.4 is 9.64 Å². The van der Waals surface area contributed by atoms with E-state index < -0.39 is 11.9 Å². The van der Waals surface area contributed by atoms with Gasteiger partial charge in [0.2, 0.25) is 5.95 Å². The van der Waals surface area contributed by atoms with E-state index in [1.165, 1.54) is 16.3 Å². The molecule has 0 saturated carbocycles. The minimum atomic E-state index is -1.82. The van der Waals surface area contributed by atoms with Crippen LogP contribution in [0.1, 0.15) is 5.56 Å². The third kappa shape index (κ3) is 5.67. The number of hydrogen-bond donors (Lipinski definition) is 2. The molecule has 0 radical (unpaired) electrons. The van der Waals surface area contributed by atoms with Gasteiger partial charge in [-0.3, -0.25) is 4.90 Å². The summed E-state index contributed by atoms with van der Waals surface area (Å²) < 4.78 is 5.63. The third-order valence-corrected chi connectivity index (χ3v) is 4.99. The Morgan fingerprint density at radius 3 is 2.19 bits per heavy atom. The van der Waals surface area contributed by atoms with E-state index >= 15 is 0 Å². The van der Waals surface area contributed by atoms with Crippen molar-refractivity contribution in [1.82, 2.24) is 14.9 Å². The normalized spacial score (nSPS) is 13.9. The number of aliphatic carboxylic acids is 2. The van der Waals surface area contributed by atoms with Gasteiger partial charge in [0.1, 0.15) is 5.75 Å². The lowest BCUT2D eigenvalue weighted by atomic mass is 10.0. The van der Waals surface area contributed by atoms with Gasteiger partial charge in [0.15, 0.2) is 0 Å². The van der Waals surface area contributed by atoms with E-state index in [0.29, 0.717) is 0 Å². The fraction of sp³-hybridized carbons (Fsp3) is 0.273. The zero-order valence-electron chi connectivity index (χ0n) is 17.1. The maximum absolute atomic E-state index is 9.10. The van der Waals surface area contributed by atoms with E-state index in [1.54, 1.807) is 19.5 Å². The number of benzene rings is 2.